The number of rotatable bonds is 4. The van der Waals surface area contributed by atoms with Crippen LogP contribution in [0.25, 0.3) is 0 Å². The van der Waals surface area contributed by atoms with E-state index in [2.05, 4.69) is 63.0 Å². The van der Waals surface area contributed by atoms with E-state index in [-0.39, 0.29) is 0 Å². The second-order valence-electron chi connectivity index (χ2n) is 4.17. The molecule has 0 aromatic carbocycles. The summed E-state index contributed by atoms with van der Waals surface area (Å²) in [7, 11) is 0. The molecule has 0 atom stereocenters. The van der Waals surface area contributed by atoms with Crippen LogP contribution in [0, 0.1) is 0 Å². The molecule has 0 saturated heterocycles. The molecule has 0 spiro atoms. The summed E-state index contributed by atoms with van der Waals surface area (Å²) in [5.41, 5.74) is 3.90. The van der Waals surface area contributed by atoms with Crippen LogP contribution in [0.5, 0.6) is 0 Å². The second-order valence-corrected chi connectivity index (χ2v) is 4.17. The molecule has 16 heavy (non-hydrogen) atoms. The molecule has 1 aliphatic rings. The quantitative estimate of drug-likeness (QED) is 0.581. The second kappa shape index (κ2) is 6.84. The van der Waals surface area contributed by atoms with E-state index in [1.54, 1.807) is 0 Å². The van der Waals surface area contributed by atoms with Gasteiger partial charge < -0.3 is 0 Å². The van der Waals surface area contributed by atoms with Gasteiger partial charge in [0.15, 0.2) is 0 Å². The lowest BCUT2D eigenvalue weighted by Crippen LogP contribution is -1.82. The van der Waals surface area contributed by atoms with Gasteiger partial charge in [0.25, 0.3) is 0 Å². The summed E-state index contributed by atoms with van der Waals surface area (Å²) >= 11 is 0. The maximum Gasteiger partial charge on any atom is -0.00261 e. The molecule has 0 amide bonds. The van der Waals surface area contributed by atoms with E-state index in [9.17, 15) is 0 Å². The van der Waals surface area contributed by atoms with Gasteiger partial charge in [0.2, 0.25) is 0 Å². The first kappa shape index (κ1) is 12.5. The third-order valence-electron chi connectivity index (χ3n) is 2.35. The minimum Gasteiger partial charge on any atom is -0.0988 e. The molecule has 84 valence electrons. The molecule has 0 fully saturated rings. The van der Waals surface area contributed by atoms with Crippen molar-refractivity contribution in [3.63, 3.8) is 0 Å². The van der Waals surface area contributed by atoms with Crippen LogP contribution in [-0.2, 0) is 0 Å². The molecular weight excluding hydrogens is 192 g/mol. The maximum absolute atomic E-state index is 3.86. The summed E-state index contributed by atoms with van der Waals surface area (Å²) in [6, 6.07) is 0. The fourth-order valence-electron chi connectivity index (χ4n) is 1.45. The first-order chi connectivity index (χ1) is 7.72. The summed E-state index contributed by atoms with van der Waals surface area (Å²) in [6.07, 6.45) is 19.0. The van der Waals surface area contributed by atoms with Gasteiger partial charge in [0, 0.05) is 0 Å². The van der Waals surface area contributed by atoms with Gasteiger partial charge in [-0.1, -0.05) is 60.8 Å². The Hall–Kier alpha value is -1.56. The van der Waals surface area contributed by atoms with Gasteiger partial charge in [-0.3, -0.25) is 0 Å². The van der Waals surface area contributed by atoms with E-state index in [1.807, 2.05) is 6.08 Å². The van der Waals surface area contributed by atoms with Crippen LogP contribution in [0.15, 0.2) is 71.9 Å². The molecule has 0 bridgehead atoms. The Bertz CT molecular complexity index is 380. The van der Waals surface area contributed by atoms with Gasteiger partial charge in [0.1, 0.15) is 0 Å². The zero-order valence-electron chi connectivity index (χ0n) is 10.2. The molecule has 0 aromatic rings. The Kier molecular flexibility index (Phi) is 5.35. The van der Waals surface area contributed by atoms with Crippen molar-refractivity contribution in [2.75, 3.05) is 0 Å². The first-order valence-electron chi connectivity index (χ1n) is 5.71. The van der Waals surface area contributed by atoms with Gasteiger partial charge in [0.05, 0.1) is 0 Å². The fraction of sp³-hybridized carbons (Fsp3) is 0.250. The summed E-state index contributed by atoms with van der Waals surface area (Å²) < 4.78 is 0. The van der Waals surface area contributed by atoms with E-state index >= 15 is 0 Å². The summed E-state index contributed by atoms with van der Waals surface area (Å²) in [5.74, 6) is 0. The summed E-state index contributed by atoms with van der Waals surface area (Å²) in [4.78, 5) is 0. The van der Waals surface area contributed by atoms with Crippen molar-refractivity contribution in [3.05, 3.63) is 71.9 Å². The molecule has 0 N–H and O–H groups in total. The van der Waals surface area contributed by atoms with E-state index in [0.29, 0.717) is 0 Å². The minimum atomic E-state index is 0.952. The maximum atomic E-state index is 3.86. The Balaban J connectivity index is 2.73. The molecule has 0 nitrogen and oxygen atoms in total. The SMILES string of the molecule is C=C/C(=C\C=C(C)C)CC1=CC=CCC=C1. The van der Waals surface area contributed by atoms with Crippen LogP contribution in [0.4, 0.5) is 0 Å². The molecule has 0 aromatic heterocycles. The Morgan fingerprint density at radius 1 is 1.31 bits per heavy atom. The summed E-state index contributed by atoms with van der Waals surface area (Å²) in [5, 5.41) is 0. The monoisotopic (exact) mass is 212 g/mol. The van der Waals surface area contributed by atoms with Crippen LogP contribution < -0.4 is 0 Å². The number of allylic oxidation sites excluding steroid dienone is 11. The van der Waals surface area contributed by atoms with Crippen LogP contribution in [0.1, 0.15) is 26.7 Å². The van der Waals surface area contributed by atoms with Crippen molar-refractivity contribution in [3.8, 4) is 0 Å². The van der Waals surface area contributed by atoms with Crippen LogP contribution in [-0.4, -0.2) is 0 Å². The zero-order chi connectivity index (χ0) is 11.8. The van der Waals surface area contributed by atoms with Crippen molar-refractivity contribution < 1.29 is 0 Å². The minimum absolute atomic E-state index is 0.952. The van der Waals surface area contributed by atoms with Gasteiger partial charge >= 0.3 is 0 Å². The van der Waals surface area contributed by atoms with E-state index in [0.717, 1.165) is 12.8 Å². The highest BCUT2D eigenvalue weighted by Gasteiger charge is 1.96. The molecule has 0 saturated carbocycles. The third-order valence-corrected chi connectivity index (χ3v) is 2.35. The third kappa shape index (κ3) is 4.79. The molecular formula is C16H20. The Morgan fingerprint density at radius 3 is 2.81 bits per heavy atom. The van der Waals surface area contributed by atoms with Gasteiger partial charge in [-0.25, -0.2) is 0 Å². The highest BCUT2D eigenvalue weighted by Crippen LogP contribution is 2.16. The Morgan fingerprint density at radius 2 is 2.12 bits per heavy atom. The van der Waals surface area contributed by atoms with Gasteiger partial charge in [-0.15, -0.1) is 0 Å². The molecule has 1 aliphatic carbocycles. The van der Waals surface area contributed by atoms with E-state index in [1.165, 1.54) is 16.7 Å². The molecule has 0 heteroatoms. The van der Waals surface area contributed by atoms with Gasteiger partial charge in [-0.05, 0) is 37.8 Å². The molecule has 0 radical (unpaired) electrons. The fourth-order valence-corrected chi connectivity index (χ4v) is 1.45. The molecule has 0 unspecified atom stereocenters. The highest BCUT2D eigenvalue weighted by atomic mass is 14.0. The topological polar surface area (TPSA) is 0 Å². The predicted octanol–water partition coefficient (Wildman–Crippen LogP) is 4.90. The molecule has 0 aliphatic heterocycles. The van der Waals surface area contributed by atoms with Crippen molar-refractivity contribution in [2.45, 2.75) is 26.7 Å². The number of hydrogen-bond acceptors (Lipinski definition) is 0. The van der Waals surface area contributed by atoms with Crippen molar-refractivity contribution >= 4 is 0 Å². The average Bonchev–Trinajstić information content (AvgIpc) is 2.52. The lowest BCUT2D eigenvalue weighted by atomic mass is 10.0. The predicted molar refractivity (Wildman–Crippen MR) is 73.3 cm³/mol. The lowest BCUT2D eigenvalue weighted by Gasteiger charge is -2.02. The molecule has 1 rings (SSSR count). The first-order valence-corrected chi connectivity index (χ1v) is 5.71. The van der Waals surface area contributed by atoms with Crippen LogP contribution >= 0.6 is 0 Å². The Labute approximate surface area is 99.1 Å². The lowest BCUT2D eigenvalue weighted by molar-refractivity contribution is 1.20. The number of hydrogen-bond donors (Lipinski definition) is 0. The highest BCUT2D eigenvalue weighted by molar-refractivity contribution is 5.35. The van der Waals surface area contributed by atoms with Gasteiger partial charge in [-0.2, -0.15) is 0 Å². The zero-order valence-corrected chi connectivity index (χ0v) is 10.2. The smallest absolute Gasteiger partial charge is 0.00261 e. The van der Waals surface area contributed by atoms with E-state index in [4.69, 9.17) is 0 Å². The van der Waals surface area contributed by atoms with Crippen LogP contribution in [0.3, 0.4) is 0 Å². The largest absolute Gasteiger partial charge is 0.0988 e. The van der Waals surface area contributed by atoms with Crippen molar-refractivity contribution in [1.82, 2.24) is 0 Å². The van der Waals surface area contributed by atoms with E-state index < -0.39 is 0 Å². The standard InChI is InChI=1S/C16H20/c1-4-15(12-11-14(2)3)13-16-9-7-5-6-8-10-16/h4-5,7-12H,1,6,13H2,2-3H3/b15-12+. The molecule has 0 heterocycles. The van der Waals surface area contributed by atoms with Crippen molar-refractivity contribution in [2.24, 2.45) is 0 Å². The summed E-state index contributed by atoms with van der Waals surface area (Å²) in [6.45, 7) is 8.06. The van der Waals surface area contributed by atoms with Crippen LogP contribution in [0.2, 0.25) is 0 Å². The van der Waals surface area contributed by atoms with Crippen molar-refractivity contribution in [1.29, 1.82) is 0 Å². The average molecular weight is 212 g/mol. The normalized spacial score (nSPS) is 15.4.